The molecule has 1 N–H and O–H groups in total. The number of amides is 2. The van der Waals surface area contributed by atoms with E-state index in [0.29, 0.717) is 6.42 Å². The molecule has 0 spiro atoms. The number of carbonyl (C=O) groups excluding carboxylic acids is 2. The Morgan fingerprint density at radius 1 is 1.03 bits per heavy atom. The second kappa shape index (κ2) is 11.4. The van der Waals surface area contributed by atoms with E-state index in [1.807, 2.05) is 51.1 Å². The molecule has 2 rings (SSSR count). The first kappa shape index (κ1) is 28.0. The topological polar surface area (TPSA) is 86.8 Å². The molecule has 2 amide bonds. The van der Waals surface area contributed by atoms with Gasteiger partial charge in [0.2, 0.25) is 21.8 Å². The predicted molar refractivity (Wildman–Crippen MR) is 138 cm³/mol. The van der Waals surface area contributed by atoms with Crippen LogP contribution in [0.5, 0.6) is 0 Å². The van der Waals surface area contributed by atoms with E-state index in [9.17, 15) is 18.0 Å². The smallest absolute Gasteiger partial charge is 0.244 e. The van der Waals surface area contributed by atoms with Gasteiger partial charge in [0.15, 0.2) is 0 Å². The van der Waals surface area contributed by atoms with Gasteiger partial charge in [0, 0.05) is 12.1 Å². The third kappa shape index (κ3) is 7.89. The number of nitrogens with zero attached hydrogens (tertiary/aromatic N) is 2. The average Bonchev–Trinajstić information content (AvgIpc) is 2.73. The van der Waals surface area contributed by atoms with Crippen LogP contribution in [0.2, 0.25) is 10.0 Å². The normalized spacial score (nSPS) is 12.7. The Kier molecular flexibility index (Phi) is 9.39. The summed E-state index contributed by atoms with van der Waals surface area (Å²) in [4.78, 5) is 27.8. The Bertz CT molecular complexity index is 1120. The van der Waals surface area contributed by atoms with E-state index >= 15 is 0 Å². The van der Waals surface area contributed by atoms with Gasteiger partial charge in [-0.1, -0.05) is 59.6 Å². The molecule has 0 heterocycles. The maximum absolute atomic E-state index is 13.5. The number of hydrogen-bond acceptors (Lipinski definition) is 4. The van der Waals surface area contributed by atoms with Crippen molar-refractivity contribution < 1.29 is 18.0 Å². The Balaban J connectivity index is 2.37. The second-order valence-corrected chi connectivity index (χ2v) is 11.8. The summed E-state index contributed by atoms with van der Waals surface area (Å²) >= 11 is 12.3. The number of carbonyl (C=O) groups is 2. The fraction of sp³-hybridized carbons (Fsp3) is 0.417. The van der Waals surface area contributed by atoms with Crippen molar-refractivity contribution in [2.75, 3.05) is 23.7 Å². The maximum Gasteiger partial charge on any atom is 0.244 e. The highest BCUT2D eigenvalue weighted by Gasteiger charge is 2.31. The molecule has 0 fully saturated rings. The fourth-order valence-electron chi connectivity index (χ4n) is 3.32. The van der Waals surface area contributed by atoms with E-state index in [4.69, 9.17) is 23.2 Å². The van der Waals surface area contributed by atoms with Gasteiger partial charge < -0.3 is 10.2 Å². The fourth-order valence-corrected chi connectivity index (χ4v) is 4.63. The second-order valence-electron chi connectivity index (χ2n) is 9.08. The number of halogens is 2. The first-order valence-electron chi connectivity index (χ1n) is 10.8. The zero-order valence-electron chi connectivity index (χ0n) is 20.0. The molecule has 186 valence electrons. The lowest BCUT2D eigenvalue weighted by molar-refractivity contribution is -0.139. The minimum atomic E-state index is -3.89. The van der Waals surface area contributed by atoms with Crippen LogP contribution in [-0.2, 0) is 26.0 Å². The quantitative estimate of drug-likeness (QED) is 0.530. The molecule has 0 saturated carbocycles. The number of rotatable bonds is 9. The highest BCUT2D eigenvalue weighted by Crippen LogP contribution is 2.33. The molecule has 0 saturated heterocycles. The molecule has 0 bridgehead atoms. The molecular weight excluding hydrogens is 497 g/mol. The van der Waals surface area contributed by atoms with Crippen molar-refractivity contribution in [1.82, 2.24) is 10.2 Å². The van der Waals surface area contributed by atoms with Gasteiger partial charge in [-0.2, -0.15) is 0 Å². The molecular formula is C24H31Cl2N3O4S. The largest absolute Gasteiger partial charge is 0.350 e. The molecule has 34 heavy (non-hydrogen) atoms. The Hall–Kier alpha value is -2.29. The number of anilines is 1. The molecule has 1 unspecified atom stereocenters. The third-order valence-corrected chi connectivity index (χ3v) is 6.96. The molecule has 0 radical (unpaired) electrons. The van der Waals surface area contributed by atoms with Crippen molar-refractivity contribution >= 4 is 50.7 Å². The van der Waals surface area contributed by atoms with E-state index in [2.05, 4.69) is 5.32 Å². The zero-order valence-corrected chi connectivity index (χ0v) is 22.3. The summed E-state index contributed by atoms with van der Waals surface area (Å²) in [7, 11) is -3.89. The third-order valence-electron chi connectivity index (χ3n) is 5.03. The number of sulfonamides is 1. The molecule has 10 heteroatoms. The van der Waals surface area contributed by atoms with Gasteiger partial charge in [0.05, 0.1) is 22.0 Å². The van der Waals surface area contributed by atoms with Crippen LogP contribution in [0, 0.1) is 0 Å². The average molecular weight is 529 g/mol. The molecule has 0 aliphatic carbocycles. The van der Waals surface area contributed by atoms with Gasteiger partial charge in [-0.05, 0) is 51.8 Å². The predicted octanol–water partition coefficient (Wildman–Crippen LogP) is 4.13. The SMILES string of the molecule is CC(C(=O)NC(C)(C)C)N(CCc1ccccc1)C(=O)CN(c1cccc(Cl)c1Cl)S(C)(=O)=O. The van der Waals surface area contributed by atoms with Crippen molar-refractivity contribution in [1.29, 1.82) is 0 Å². The molecule has 2 aromatic rings. The van der Waals surface area contributed by atoms with Gasteiger partial charge >= 0.3 is 0 Å². The van der Waals surface area contributed by atoms with Crippen LogP contribution in [0.4, 0.5) is 5.69 Å². The summed E-state index contributed by atoms with van der Waals surface area (Å²) in [6, 6.07) is 13.3. The summed E-state index contributed by atoms with van der Waals surface area (Å²) in [6.45, 7) is 6.87. The highest BCUT2D eigenvalue weighted by molar-refractivity contribution is 7.92. The Morgan fingerprint density at radius 2 is 1.65 bits per heavy atom. The van der Waals surface area contributed by atoms with Crippen molar-refractivity contribution in [3.05, 3.63) is 64.1 Å². The lowest BCUT2D eigenvalue weighted by Gasteiger charge is -2.33. The van der Waals surface area contributed by atoms with E-state index in [1.165, 1.54) is 17.0 Å². The van der Waals surface area contributed by atoms with Crippen LogP contribution in [0.1, 0.15) is 33.3 Å². The monoisotopic (exact) mass is 527 g/mol. The first-order chi connectivity index (χ1) is 15.7. The number of hydrogen-bond donors (Lipinski definition) is 1. The standard InChI is InChI=1S/C24H31Cl2N3O4S/c1-17(23(31)27-24(2,3)4)28(15-14-18-10-7-6-8-11-18)21(30)16-29(34(5,32)33)20-13-9-12-19(25)22(20)26/h6-13,17H,14-16H2,1-5H3,(H,27,31). The van der Waals surface area contributed by atoms with Crippen molar-refractivity contribution in [2.24, 2.45) is 0 Å². The van der Waals surface area contributed by atoms with Gasteiger partial charge in [-0.15, -0.1) is 0 Å². The summed E-state index contributed by atoms with van der Waals surface area (Å²) < 4.78 is 26.1. The summed E-state index contributed by atoms with van der Waals surface area (Å²) in [5.41, 5.74) is 0.591. The zero-order chi connectivity index (χ0) is 25.7. The summed E-state index contributed by atoms with van der Waals surface area (Å²) in [6.07, 6.45) is 1.48. The van der Waals surface area contributed by atoms with Gasteiger partial charge in [-0.25, -0.2) is 8.42 Å². The molecule has 0 aromatic heterocycles. The molecule has 0 aliphatic rings. The van der Waals surface area contributed by atoms with Gasteiger partial charge in [-0.3, -0.25) is 13.9 Å². The first-order valence-corrected chi connectivity index (χ1v) is 13.4. The van der Waals surface area contributed by atoms with Gasteiger partial charge in [0.25, 0.3) is 0 Å². The molecule has 7 nitrogen and oxygen atoms in total. The number of benzene rings is 2. The van der Waals surface area contributed by atoms with Crippen LogP contribution in [0.15, 0.2) is 48.5 Å². The van der Waals surface area contributed by atoms with Crippen molar-refractivity contribution in [3.8, 4) is 0 Å². The van der Waals surface area contributed by atoms with E-state index in [0.717, 1.165) is 16.1 Å². The van der Waals surface area contributed by atoms with E-state index in [-0.39, 0.29) is 28.2 Å². The van der Waals surface area contributed by atoms with Crippen molar-refractivity contribution in [3.63, 3.8) is 0 Å². The maximum atomic E-state index is 13.5. The lowest BCUT2D eigenvalue weighted by atomic mass is 10.1. The van der Waals surface area contributed by atoms with E-state index < -0.39 is 34.1 Å². The van der Waals surface area contributed by atoms with Crippen LogP contribution in [-0.4, -0.2) is 56.1 Å². The van der Waals surface area contributed by atoms with Crippen LogP contribution >= 0.6 is 23.2 Å². The van der Waals surface area contributed by atoms with E-state index in [1.54, 1.807) is 13.0 Å². The van der Waals surface area contributed by atoms with Gasteiger partial charge in [0.1, 0.15) is 12.6 Å². The number of nitrogens with one attached hydrogen (secondary N) is 1. The molecule has 1 atom stereocenters. The molecule has 2 aromatic carbocycles. The summed E-state index contributed by atoms with van der Waals surface area (Å²) in [5, 5.41) is 3.07. The Morgan fingerprint density at radius 3 is 2.21 bits per heavy atom. The minimum absolute atomic E-state index is 0.0248. The lowest BCUT2D eigenvalue weighted by Crippen LogP contribution is -2.55. The highest BCUT2D eigenvalue weighted by atomic mass is 35.5. The van der Waals surface area contributed by atoms with Crippen LogP contribution in [0.3, 0.4) is 0 Å². The van der Waals surface area contributed by atoms with Crippen LogP contribution in [0.25, 0.3) is 0 Å². The van der Waals surface area contributed by atoms with Crippen molar-refractivity contribution in [2.45, 2.75) is 45.7 Å². The van der Waals surface area contributed by atoms with Crippen LogP contribution < -0.4 is 9.62 Å². The summed E-state index contributed by atoms with van der Waals surface area (Å²) in [5.74, 6) is -0.866. The molecule has 0 aliphatic heterocycles. The minimum Gasteiger partial charge on any atom is -0.350 e. The Labute approximate surface area is 212 Å².